The van der Waals surface area contributed by atoms with Gasteiger partial charge in [-0.2, -0.15) is 9.61 Å². The Morgan fingerprint density at radius 3 is 2.52 bits per heavy atom. The number of carboxylic acids is 1. The van der Waals surface area contributed by atoms with Crippen LogP contribution in [-0.4, -0.2) is 69.8 Å². The normalized spacial score (nSPS) is 17.1. The number of carboxylic acid groups (broad SMARTS) is 1. The van der Waals surface area contributed by atoms with Crippen molar-refractivity contribution in [2.75, 3.05) is 32.1 Å². The van der Waals surface area contributed by atoms with Gasteiger partial charge in [-0.3, -0.25) is 9.59 Å². The van der Waals surface area contributed by atoms with Gasteiger partial charge in [0.05, 0.1) is 28.9 Å². The van der Waals surface area contributed by atoms with E-state index in [0.717, 1.165) is 17.7 Å². The van der Waals surface area contributed by atoms with E-state index in [4.69, 9.17) is 27.9 Å². The Bertz CT molecular complexity index is 1660. The summed E-state index contributed by atoms with van der Waals surface area (Å²) >= 11 is 12.3. The zero-order chi connectivity index (χ0) is 30.3. The number of para-hydroxylation sites is 1. The highest BCUT2D eigenvalue weighted by Crippen LogP contribution is 2.36. The number of hydrogen-bond acceptors (Lipinski definition) is 6. The average molecular weight is 618 g/mol. The lowest BCUT2D eigenvalue weighted by Gasteiger charge is -2.36. The molecule has 0 bridgehead atoms. The molecule has 1 amide bonds. The summed E-state index contributed by atoms with van der Waals surface area (Å²) in [5, 5.41) is 13.6. The molecule has 1 aliphatic heterocycles. The molecular formula is C29H27Cl2F2N5O4. The van der Waals surface area contributed by atoms with Crippen LogP contribution in [0, 0.1) is 24.5 Å². The number of aromatic nitrogens is 3. The molecule has 2 aromatic heterocycles. The first kappa shape index (κ1) is 29.7. The monoisotopic (exact) mass is 617 g/mol. The summed E-state index contributed by atoms with van der Waals surface area (Å²) in [5.41, 5.74) is 2.22. The number of ether oxygens (including phenoxy) is 1. The molecule has 5 rings (SSSR count). The number of fused-ring (bicyclic) bond motifs is 1. The van der Waals surface area contributed by atoms with Crippen molar-refractivity contribution in [3.63, 3.8) is 0 Å². The predicted octanol–water partition coefficient (Wildman–Crippen LogP) is 6.01. The average Bonchev–Trinajstić information content (AvgIpc) is 3.39. The Morgan fingerprint density at radius 1 is 1.17 bits per heavy atom. The van der Waals surface area contributed by atoms with E-state index < -0.39 is 28.7 Å². The molecule has 3 heterocycles. The van der Waals surface area contributed by atoms with Crippen LogP contribution in [0.5, 0.6) is 0 Å². The van der Waals surface area contributed by atoms with E-state index in [1.165, 1.54) is 17.7 Å². The van der Waals surface area contributed by atoms with Gasteiger partial charge in [0.1, 0.15) is 22.5 Å². The third-order valence-electron chi connectivity index (χ3n) is 7.50. The fourth-order valence-corrected chi connectivity index (χ4v) is 5.81. The number of aryl methyl sites for hydroxylation is 1. The largest absolute Gasteiger partial charge is 0.481 e. The number of carbonyl (C=O) groups is 2. The van der Waals surface area contributed by atoms with Gasteiger partial charge in [0.2, 0.25) is 0 Å². The molecule has 1 fully saturated rings. The van der Waals surface area contributed by atoms with Crippen molar-refractivity contribution < 1.29 is 28.2 Å². The lowest BCUT2D eigenvalue weighted by Crippen LogP contribution is -2.48. The molecule has 2 atom stereocenters. The highest BCUT2D eigenvalue weighted by Gasteiger charge is 2.34. The molecule has 0 radical (unpaired) electrons. The maximum Gasteiger partial charge on any atom is 0.303 e. The second-order valence-corrected chi connectivity index (χ2v) is 11.0. The van der Waals surface area contributed by atoms with Gasteiger partial charge in [-0.25, -0.2) is 13.8 Å². The topological polar surface area (TPSA) is 100 Å². The minimum absolute atomic E-state index is 0.0510. The van der Waals surface area contributed by atoms with E-state index in [1.54, 1.807) is 29.0 Å². The molecule has 42 heavy (non-hydrogen) atoms. The molecule has 1 aliphatic rings. The first-order chi connectivity index (χ1) is 20.0. The predicted molar refractivity (Wildman–Crippen MR) is 155 cm³/mol. The molecule has 9 nitrogen and oxygen atoms in total. The van der Waals surface area contributed by atoms with Crippen LogP contribution < -0.4 is 4.90 Å². The van der Waals surface area contributed by atoms with Crippen LogP contribution in [0.3, 0.4) is 0 Å². The first-order valence-corrected chi connectivity index (χ1v) is 13.8. The van der Waals surface area contributed by atoms with Crippen molar-refractivity contribution in [1.82, 2.24) is 19.5 Å². The lowest BCUT2D eigenvalue weighted by molar-refractivity contribution is -0.140. The Labute approximate surface area is 250 Å². The maximum absolute atomic E-state index is 14.4. The quantitative estimate of drug-likeness (QED) is 0.253. The van der Waals surface area contributed by atoms with Crippen molar-refractivity contribution in [2.24, 2.45) is 5.92 Å². The second-order valence-electron chi connectivity index (χ2n) is 10.2. The van der Waals surface area contributed by atoms with Crippen LogP contribution in [0.2, 0.25) is 10.0 Å². The lowest BCUT2D eigenvalue weighted by atomic mass is 9.90. The number of likely N-dealkylation sites (tertiary alicyclic amines) is 1. The van der Waals surface area contributed by atoms with Gasteiger partial charge in [-0.1, -0.05) is 35.3 Å². The number of methoxy groups -OCH3 is 1. The number of anilines is 2. The van der Waals surface area contributed by atoms with Gasteiger partial charge in [-0.05, 0) is 43.0 Å². The van der Waals surface area contributed by atoms with Gasteiger partial charge >= 0.3 is 5.97 Å². The van der Waals surface area contributed by atoms with Gasteiger partial charge in [0.15, 0.2) is 11.3 Å². The van der Waals surface area contributed by atoms with Crippen molar-refractivity contribution in [1.29, 1.82) is 0 Å². The minimum atomic E-state index is -0.937. The van der Waals surface area contributed by atoms with E-state index in [9.17, 15) is 23.5 Å². The van der Waals surface area contributed by atoms with Crippen molar-refractivity contribution >= 4 is 52.2 Å². The fourth-order valence-electron chi connectivity index (χ4n) is 5.35. The molecule has 13 heteroatoms. The highest BCUT2D eigenvalue weighted by atomic mass is 35.5. The summed E-state index contributed by atoms with van der Waals surface area (Å²) in [5.74, 6) is -2.97. The van der Waals surface area contributed by atoms with E-state index in [0.29, 0.717) is 29.5 Å². The van der Waals surface area contributed by atoms with Crippen molar-refractivity contribution in [3.8, 4) is 11.3 Å². The minimum Gasteiger partial charge on any atom is -0.481 e. The fraction of sp³-hybridized carbons (Fsp3) is 0.310. The van der Waals surface area contributed by atoms with E-state index in [-0.39, 0.29) is 47.4 Å². The van der Waals surface area contributed by atoms with Crippen LogP contribution in [0.4, 0.5) is 20.3 Å². The number of piperidine rings is 1. The summed E-state index contributed by atoms with van der Waals surface area (Å²) in [6, 6.07) is 10.7. The van der Waals surface area contributed by atoms with Crippen LogP contribution in [-0.2, 0) is 9.53 Å². The molecule has 220 valence electrons. The van der Waals surface area contributed by atoms with Gasteiger partial charge in [-0.15, -0.1) is 0 Å². The summed E-state index contributed by atoms with van der Waals surface area (Å²) in [6.07, 6.45) is -0.0371. The molecule has 4 aromatic rings. The van der Waals surface area contributed by atoms with Crippen LogP contribution in [0.1, 0.15) is 28.9 Å². The molecule has 0 aliphatic carbocycles. The summed E-state index contributed by atoms with van der Waals surface area (Å²) in [6.45, 7) is 2.42. The standard InChI is InChI=1S/C29H27Cl2F2N5O4/c1-15-5-4-6-18(30)28(15)36(2)25-13-21(17-9-19(32)27(31)20(33)10-17)34-24-12-22(35-38(24)25)29(41)37-8-7-16(11-26(39)40)23(14-37)42-3/h4-6,9-10,12-13,16,23H,7-8,11,14H2,1-3H3,(H,39,40). The SMILES string of the molecule is COC1CN(C(=O)c2cc3nc(-c4cc(F)c(Cl)c(F)c4)cc(N(C)c4c(C)cccc4Cl)n3n2)CCC1CC(=O)O. The van der Waals surface area contributed by atoms with Crippen LogP contribution >= 0.6 is 23.2 Å². The Morgan fingerprint density at radius 2 is 1.88 bits per heavy atom. The molecule has 2 aromatic carbocycles. The number of halogens is 4. The van der Waals surface area contributed by atoms with Gasteiger partial charge < -0.3 is 19.6 Å². The molecule has 1 saturated heterocycles. The number of aliphatic carboxylic acids is 1. The van der Waals surface area contributed by atoms with Crippen molar-refractivity contribution in [2.45, 2.75) is 25.9 Å². The second kappa shape index (κ2) is 11.8. The van der Waals surface area contributed by atoms with Gasteiger partial charge in [0, 0.05) is 44.9 Å². The number of amides is 1. The summed E-state index contributed by atoms with van der Waals surface area (Å²) in [4.78, 5) is 32.8. The zero-order valence-corrected chi connectivity index (χ0v) is 24.5. The number of rotatable bonds is 7. The van der Waals surface area contributed by atoms with Crippen molar-refractivity contribution in [3.05, 3.63) is 75.4 Å². The smallest absolute Gasteiger partial charge is 0.303 e. The Hall–Kier alpha value is -3.80. The Balaban J connectivity index is 1.60. The molecule has 2 unspecified atom stereocenters. The van der Waals surface area contributed by atoms with Crippen LogP contribution in [0.15, 0.2) is 42.5 Å². The first-order valence-electron chi connectivity index (χ1n) is 13.1. The summed E-state index contributed by atoms with van der Waals surface area (Å²) < 4.78 is 35.8. The van der Waals surface area contributed by atoms with E-state index in [1.807, 2.05) is 19.1 Å². The molecule has 1 N–H and O–H groups in total. The number of benzene rings is 2. The maximum atomic E-state index is 14.4. The van der Waals surface area contributed by atoms with E-state index in [2.05, 4.69) is 10.1 Å². The summed E-state index contributed by atoms with van der Waals surface area (Å²) in [7, 11) is 3.25. The number of carbonyl (C=O) groups excluding carboxylic acids is 1. The zero-order valence-electron chi connectivity index (χ0n) is 22.9. The third kappa shape index (κ3) is 5.64. The molecular weight excluding hydrogens is 591 g/mol. The van der Waals surface area contributed by atoms with Gasteiger partial charge in [0.25, 0.3) is 5.91 Å². The Kier molecular flexibility index (Phi) is 8.36. The number of hydrogen-bond donors (Lipinski definition) is 1. The highest BCUT2D eigenvalue weighted by molar-refractivity contribution is 6.33. The number of nitrogens with zero attached hydrogens (tertiary/aromatic N) is 5. The molecule has 0 spiro atoms. The third-order valence-corrected chi connectivity index (χ3v) is 8.16. The van der Waals surface area contributed by atoms with Crippen LogP contribution in [0.25, 0.3) is 16.9 Å². The molecule has 0 saturated carbocycles. The van der Waals surface area contributed by atoms with E-state index >= 15 is 0 Å².